The van der Waals surface area contributed by atoms with E-state index < -0.39 is 6.10 Å². The molecule has 0 aromatic carbocycles. The van der Waals surface area contributed by atoms with Gasteiger partial charge < -0.3 is 14.2 Å². The predicted octanol–water partition coefficient (Wildman–Crippen LogP) is 20.4. The zero-order valence-electron chi connectivity index (χ0n) is 47.4. The number of esters is 3. The minimum atomic E-state index is -0.801. The van der Waals surface area contributed by atoms with Gasteiger partial charge in [0.05, 0.1) is 0 Å². The molecule has 0 N–H and O–H groups in total. The van der Waals surface area contributed by atoms with E-state index in [9.17, 15) is 14.4 Å². The molecule has 73 heavy (non-hydrogen) atoms. The monoisotopic (exact) mass is 1010 g/mol. The number of ether oxygens (including phenoxy) is 3. The van der Waals surface area contributed by atoms with Crippen LogP contribution in [0, 0.1) is 0 Å². The Morgan fingerprint density at radius 1 is 0.288 bits per heavy atom. The molecule has 0 saturated heterocycles. The van der Waals surface area contributed by atoms with Crippen molar-refractivity contribution in [1.82, 2.24) is 0 Å². The Morgan fingerprint density at radius 3 is 0.863 bits per heavy atom. The van der Waals surface area contributed by atoms with Crippen LogP contribution in [0.15, 0.2) is 122 Å². The first-order chi connectivity index (χ1) is 36.0. The molecule has 1 atom stereocenters. The fourth-order valence-electron chi connectivity index (χ4n) is 7.98. The van der Waals surface area contributed by atoms with E-state index in [1.165, 1.54) is 89.9 Å². The SMILES string of the molecule is CC/C=C\C/C=C\C/C=C\C/C=C\C/C=C\C/C=C\CCCCCCCCCCCCC(=O)OCC(COC(=O)CCCCCCC/C=C\CCCCCC)OC(=O)CCCCC/C=C\C/C=C\C/C=C\CC. The molecule has 6 nitrogen and oxygen atoms in total. The first-order valence-corrected chi connectivity index (χ1v) is 30.0. The lowest BCUT2D eigenvalue weighted by molar-refractivity contribution is -0.167. The fourth-order valence-corrected chi connectivity index (χ4v) is 7.98. The van der Waals surface area contributed by atoms with Gasteiger partial charge in [0.1, 0.15) is 13.2 Å². The summed E-state index contributed by atoms with van der Waals surface area (Å²) in [6.07, 6.45) is 83.5. The van der Waals surface area contributed by atoms with Gasteiger partial charge in [0.25, 0.3) is 0 Å². The molecule has 0 aliphatic heterocycles. The minimum absolute atomic E-state index is 0.0967. The third-order valence-electron chi connectivity index (χ3n) is 12.4. The molecule has 414 valence electrons. The van der Waals surface area contributed by atoms with Crippen LogP contribution in [-0.2, 0) is 28.6 Å². The van der Waals surface area contributed by atoms with Crippen molar-refractivity contribution in [3.8, 4) is 0 Å². The average Bonchev–Trinajstić information content (AvgIpc) is 3.39. The number of unbranched alkanes of at least 4 members (excludes halogenated alkanes) is 22. The van der Waals surface area contributed by atoms with Gasteiger partial charge in [-0.1, -0.05) is 239 Å². The standard InChI is InChI=1S/C67H110O6/c1-4-7-10-13-16-19-22-25-26-27-28-29-30-31-32-33-34-35-36-37-38-39-40-43-45-48-51-54-57-60-66(69)72-63-64(73-67(70)61-58-55-52-49-46-42-24-21-18-15-12-9-6-3)62-71-65(68)59-56-53-50-47-44-41-23-20-17-14-11-8-5-2/h7,9-10,12,16,18-21,23,25-26,28-29,31-32,34-35,42,46,64H,4-6,8,11,13-15,17,22,24,27,30,33,36-41,43-45,47-63H2,1-3H3/b10-7-,12-9-,19-16-,21-18-,23-20-,26-25-,29-28-,32-31-,35-34-,46-42-. The molecule has 0 rings (SSSR count). The number of carbonyl (C=O) groups is 3. The van der Waals surface area contributed by atoms with Gasteiger partial charge in [0.2, 0.25) is 0 Å². The number of carbonyl (C=O) groups excluding carboxylic acids is 3. The molecule has 0 heterocycles. The summed E-state index contributed by atoms with van der Waals surface area (Å²) in [6, 6.07) is 0. The Balaban J connectivity index is 4.28. The van der Waals surface area contributed by atoms with E-state index in [0.29, 0.717) is 12.8 Å². The van der Waals surface area contributed by atoms with E-state index in [1.54, 1.807) is 0 Å². The van der Waals surface area contributed by atoms with E-state index in [0.717, 1.165) is 135 Å². The van der Waals surface area contributed by atoms with Gasteiger partial charge >= 0.3 is 17.9 Å². The van der Waals surface area contributed by atoms with Gasteiger partial charge in [0.15, 0.2) is 6.10 Å². The first-order valence-electron chi connectivity index (χ1n) is 30.0. The number of hydrogen-bond acceptors (Lipinski definition) is 6. The first kappa shape index (κ1) is 68.8. The second kappa shape index (κ2) is 60.4. The maximum Gasteiger partial charge on any atom is 0.306 e. The number of allylic oxidation sites excluding steroid dienone is 20. The van der Waals surface area contributed by atoms with Crippen molar-refractivity contribution in [2.24, 2.45) is 0 Å². The molecule has 1 unspecified atom stereocenters. The van der Waals surface area contributed by atoms with Crippen molar-refractivity contribution in [2.45, 2.75) is 271 Å². The lowest BCUT2D eigenvalue weighted by Gasteiger charge is -2.18. The third-order valence-corrected chi connectivity index (χ3v) is 12.4. The Hall–Kier alpha value is -4.19. The van der Waals surface area contributed by atoms with Gasteiger partial charge in [-0.15, -0.1) is 0 Å². The van der Waals surface area contributed by atoms with Gasteiger partial charge in [-0.25, -0.2) is 0 Å². The highest BCUT2D eigenvalue weighted by Gasteiger charge is 2.19. The molecule has 6 heteroatoms. The van der Waals surface area contributed by atoms with E-state index in [1.807, 2.05) is 0 Å². The fraction of sp³-hybridized carbons (Fsp3) is 0.657. The van der Waals surface area contributed by atoms with E-state index in [4.69, 9.17) is 14.2 Å². The largest absolute Gasteiger partial charge is 0.462 e. The van der Waals surface area contributed by atoms with E-state index in [2.05, 4.69) is 142 Å². The lowest BCUT2D eigenvalue weighted by Crippen LogP contribution is -2.30. The molecule has 0 amide bonds. The summed E-state index contributed by atoms with van der Waals surface area (Å²) >= 11 is 0. The quantitative estimate of drug-likeness (QED) is 0.0261. The maximum absolute atomic E-state index is 12.8. The summed E-state index contributed by atoms with van der Waals surface area (Å²) in [7, 11) is 0. The third kappa shape index (κ3) is 58.6. The number of rotatable bonds is 53. The Kier molecular flexibility index (Phi) is 56.9. The zero-order chi connectivity index (χ0) is 52.9. The molecule has 0 aromatic rings. The molecule has 0 aliphatic rings. The molecular weight excluding hydrogens is 901 g/mol. The second-order valence-electron chi connectivity index (χ2n) is 19.5. The van der Waals surface area contributed by atoms with Gasteiger partial charge in [-0.05, 0) is 128 Å². The van der Waals surface area contributed by atoms with Crippen LogP contribution in [0.1, 0.15) is 265 Å². The molecular formula is C67H110O6. The summed E-state index contributed by atoms with van der Waals surface area (Å²) in [5.74, 6) is -0.940. The highest BCUT2D eigenvalue weighted by molar-refractivity contribution is 5.71. The smallest absolute Gasteiger partial charge is 0.306 e. The molecule has 0 aromatic heterocycles. The van der Waals surface area contributed by atoms with Crippen LogP contribution in [0.2, 0.25) is 0 Å². The minimum Gasteiger partial charge on any atom is -0.462 e. The predicted molar refractivity (Wildman–Crippen MR) is 316 cm³/mol. The summed E-state index contributed by atoms with van der Waals surface area (Å²) in [6.45, 7) is 6.36. The summed E-state index contributed by atoms with van der Waals surface area (Å²) in [5, 5.41) is 0. The van der Waals surface area contributed by atoms with Crippen LogP contribution in [0.5, 0.6) is 0 Å². The van der Waals surface area contributed by atoms with Crippen molar-refractivity contribution in [3.05, 3.63) is 122 Å². The van der Waals surface area contributed by atoms with Gasteiger partial charge in [0, 0.05) is 19.3 Å². The van der Waals surface area contributed by atoms with Crippen LogP contribution in [-0.4, -0.2) is 37.2 Å². The summed E-state index contributed by atoms with van der Waals surface area (Å²) < 4.78 is 16.8. The second-order valence-corrected chi connectivity index (χ2v) is 19.5. The summed E-state index contributed by atoms with van der Waals surface area (Å²) in [5.41, 5.74) is 0. The van der Waals surface area contributed by atoms with Gasteiger partial charge in [-0.2, -0.15) is 0 Å². The van der Waals surface area contributed by atoms with Crippen LogP contribution < -0.4 is 0 Å². The Morgan fingerprint density at radius 2 is 0.534 bits per heavy atom. The van der Waals surface area contributed by atoms with Crippen molar-refractivity contribution < 1.29 is 28.6 Å². The topological polar surface area (TPSA) is 78.9 Å². The zero-order valence-corrected chi connectivity index (χ0v) is 47.4. The normalized spacial score (nSPS) is 13.0. The van der Waals surface area contributed by atoms with Crippen molar-refractivity contribution in [1.29, 1.82) is 0 Å². The highest BCUT2D eigenvalue weighted by Crippen LogP contribution is 2.15. The average molecular weight is 1010 g/mol. The van der Waals surface area contributed by atoms with E-state index >= 15 is 0 Å². The van der Waals surface area contributed by atoms with Gasteiger partial charge in [-0.3, -0.25) is 14.4 Å². The molecule has 0 radical (unpaired) electrons. The van der Waals surface area contributed by atoms with Crippen LogP contribution in [0.4, 0.5) is 0 Å². The van der Waals surface area contributed by atoms with Crippen molar-refractivity contribution in [3.63, 3.8) is 0 Å². The van der Waals surface area contributed by atoms with Crippen molar-refractivity contribution >= 4 is 17.9 Å². The number of hydrogen-bond donors (Lipinski definition) is 0. The van der Waals surface area contributed by atoms with Crippen LogP contribution in [0.3, 0.4) is 0 Å². The Bertz CT molecular complexity index is 1540. The molecule has 0 fully saturated rings. The van der Waals surface area contributed by atoms with Crippen molar-refractivity contribution in [2.75, 3.05) is 13.2 Å². The summed E-state index contributed by atoms with van der Waals surface area (Å²) in [4.78, 5) is 38.1. The Labute approximate surface area is 450 Å². The van der Waals surface area contributed by atoms with E-state index in [-0.39, 0.29) is 37.5 Å². The molecule has 0 aliphatic carbocycles. The molecule has 0 saturated carbocycles. The molecule has 0 bridgehead atoms. The molecule has 0 spiro atoms. The highest BCUT2D eigenvalue weighted by atomic mass is 16.6. The maximum atomic E-state index is 12.8. The van der Waals surface area contributed by atoms with Crippen LogP contribution >= 0.6 is 0 Å². The lowest BCUT2D eigenvalue weighted by atomic mass is 10.1. The van der Waals surface area contributed by atoms with Crippen LogP contribution in [0.25, 0.3) is 0 Å².